The maximum Gasteiger partial charge on any atom is 0.345 e. The fraction of sp³-hybridized carbons (Fsp3) is 0.571. The molecule has 2 saturated carbocycles. The number of pyridine rings is 1. The summed E-state index contributed by atoms with van der Waals surface area (Å²) >= 11 is 0. The van der Waals surface area contributed by atoms with E-state index in [0.29, 0.717) is 18.4 Å². The van der Waals surface area contributed by atoms with Crippen LogP contribution >= 0.6 is 0 Å². The van der Waals surface area contributed by atoms with Crippen LogP contribution in [0.15, 0.2) is 39.8 Å². The molecule has 8 heteroatoms. The second-order valence-corrected chi connectivity index (χ2v) is 11.1. The number of carbonyl (C=O) groups excluding carboxylic acids is 2. The van der Waals surface area contributed by atoms with Gasteiger partial charge in [0.25, 0.3) is 0 Å². The van der Waals surface area contributed by atoms with Crippen molar-refractivity contribution in [2.24, 2.45) is 23.2 Å². The number of hydrogen-bond donors (Lipinski definition) is 1. The highest BCUT2D eigenvalue weighted by molar-refractivity contribution is 5.75. The molecule has 3 aliphatic rings. The SMILES string of the molecule is CC(=O)CC[C@@H]1CC[C@@]2(C)C1C[C@H](OC(C)=O)[C@@]1(C)Oc3cc(-c4cccnc4)oc(=O)c3C(O)C21. The lowest BCUT2D eigenvalue weighted by molar-refractivity contribution is -0.226. The summed E-state index contributed by atoms with van der Waals surface area (Å²) in [6.45, 7) is 6.99. The molecule has 0 bridgehead atoms. The van der Waals surface area contributed by atoms with Crippen LogP contribution in [-0.4, -0.2) is 33.5 Å². The van der Waals surface area contributed by atoms with Gasteiger partial charge >= 0.3 is 11.6 Å². The summed E-state index contributed by atoms with van der Waals surface area (Å²) in [5.41, 5.74) is -1.38. The molecule has 192 valence electrons. The lowest BCUT2D eigenvalue weighted by atomic mass is 9.52. The predicted molar refractivity (Wildman–Crippen MR) is 130 cm³/mol. The normalized spacial score (nSPS) is 34.6. The van der Waals surface area contributed by atoms with Gasteiger partial charge in [0.2, 0.25) is 0 Å². The maximum absolute atomic E-state index is 13.2. The summed E-state index contributed by atoms with van der Waals surface area (Å²) in [6, 6.07) is 5.13. The molecule has 36 heavy (non-hydrogen) atoms. The van der Waals surface area contributed by atoms with Gasteiger partial charge in [0, 0.05) is 43.3 Å². The highest BCUT2D eigenvalue weighted by Gasteiger charge is 2.68. The largest absolute Gasteiger partial charge is 0.482 e. The number of esters is 1. The molecule has 8 nitrogen and oxygen atoms in total. The second-order valence-electron chi connectivity index (χ2n) is 11.1. The molecule has 2 fully saturated rings. The summed E-state index contributed by atoms with van der Waals surface area (Å²) in [4.78, 5) is 41.2. The van der Waals surface area contributed by atoms with Gasteiger partial charge in [0.05, 0.1) is 6.10 Å². The molecular weight excluding hydrogens is 462 g/mol. The average molecular weight is 496 g/mol. The Balaban J connectivity index is 1.60. The third-order valence-corrected chi connectivity index (χ3v) is 8.92. The third kappa shape index (κ3) is 3.86. The molecule has 2 aliphatic carbocycles. The molecule has 0 spiro atoms. The van der Waals surface area contributed by atoms with Gasteiger partial charge in [0.15, 0.2) is 0 Å². The Hall–Kier alpha value is -3.00. The summed E-state index contributed by atoms with van der Waals surface area (Å²) in [6.07, 6.45) is 5.00. The zero-order valence-corrected chi connectivity index (χ0v) is 21.2. The molecule has 1 aliphatic heterocycles. The summed E-state index contributed by atoms with van der Waals surface area (Å²) < 4.78 is 18.0. The first kappa shape index (κ1) is 24.7. The zero-order chi connectivity index (χ0) is 25.8. The number of ketones is 1. The molecule has 7 atom stereocenters. The highest BCUT2D eigenvalue weighted by Crippen LogP contribution is 2.66. The van der Waals surface area contributed by atoms with Crippen molar-refractivity contribution in [2.75, 3.05) is 0 Å². The average Bonchev–Trinajstić information content (AvgIpc) is 3.13. The molecule has 3 heterocycles. The van der Waals surface area contributed by atoms with Crippen LogP contribution in [0.25, 0.3) is 11.3 Å². The van der Waals surface area contributed by atoms with Crippen molar-refractivity contribution in [1.29, 1.82) is 0 Å². The predicted octanol–water partition coefficient (Wildman–Crippen LogP) is 4.24. The first-order valence-electron chi connectivity index (χ1n) is 12.7. The van der Waals surface area contributed by atoms with Crippen LogP contribution in [0.4, 0.5) is 0 Å². The fourth-order valence-corrected chi connectivity index (χ4v) is 7.38. The van der Waals surface area contributed by atoms with E-state index < -0.39 is 35.3 Å². The Kier molecular flexibility index (Phi) is 6.06. The van der Waals surface area contributed by atoms with E-state index in [9.17, 15) is 19.5 Å². The number of Topliss-reactive ketones (excluding diaryl/α,β-unsaturated/α-hetero) is 1. The van der Waals surface area contributed by atoms with Crippen LogP contribution in [0, 0.1) is 23.2 Å². The Morgan fingerprint density at radius 1 is 1.28 bits per heavy atom. The Labute approximate surface area is 210 Å². The standard InChI is InChI=1S/C28H33NO7/c1-15(30)7-8-17-9-10-27(3)19(17)12-22(34-16(2)31)28(4)25(27)24(32)23-21(36-28)13-20(35-26(23)33)18-6-5-11-29-14-18/h5-6,11,13-14,17,19,22,24-25,32H,7-10,12H2,1-4H3/t17-,19?,22+,24?,25?,27+,28-/m1/s1. The van der Waals surface area contributed by atoms with Crippen molar-refractivity contribution in [1.82, 2.24) is 4.98 Å². The quantitative estimate of drug-likeness (QED) is 0.613. The van der Waals surface area contributed by atoms with E-state index in [-0.39, 0.29) is 40.1 Å². The number of rotatable bonds is 5. The van der Waals surface area contributed by atoms with Crippen molar-refractivity contribution in [3.8, 4) is 17.1 Å². The van der Waals surface area contributed by atoms with E-state index in [4.69, 9.17) is 13.9 Å². The molecule has 1 N–H and O–H groups in total. The van der Waals surface area contributed by atoms with Crippen LogP contribution in [0.2, 0.25) is 0 Å². The van der Waals surface area contributed by atoms with Gasteiger partial charge in [-0.05, 0) is 68.9 Å². The molecule has 2 aromatic rings. The monoisotopic (exact) mass is 495 g/mol. The molecule has 5 rings (SSSR count). The number of aliphatic hydroxyl groups is 1. The minimum absolute atomic E-state index is 0.0979. The summed E-state index contributed by atoms with van der Waals surface area (Å²) in [7, 11) is 0. The number of ether oxygens (including phenoxy) is 2. The van der Waals surface area contributed by atoms with E-state index in [0.717, 1.165) is 19.3 Å². The first-order chi connectivity index (χ1) is 17.0. The van der Waals surface area contributed by atoms with Gasteiger partial charge in [-0.2, -0.15) is 0 Å². The smallest absolute Gasteiger partial charge is 0.345 e. The zero-order valence-electron chi connectivity index (χ0n) is 21.2. The number of hydrogen-bond acceptors (Lipinski definition) is 8. The van der Waals surface area contributed by atoms with E-state index in [1.165, 1.54) is 6.92 Å². The summed E-state index contributed by atoms with van der Waals surface area (Å²) in [5, 5.41) is 11.8. The Bertz CT molecular complexity index is 1240. The van der Waals surface area contributed by atoms with Gasteiger partial charge in [0.1, 0.15) is 34.6 Å². The van der Waals surface area contributed by atoms with Crippen molar-refractivity contribution < 1.29 is 28.6 Å². The minimum Gasteiger partial charge on any atom is -0.482 e. The number of aromatic nitrogens is 1. The second kappa shape index (κ2) is 8.83. The number of fused-ring (bicyclic) bond motifs is 4. The minimum atomic E-state index is -1.16. The van der Waals surface area contributed by atoms with Crippen LogP contribution in [0.1, 0.15) is 71.5 Å². The van der Waals surface area contributed by atoms with Gasteiger partial charge in [-0.25, -0.2) is 4.79 Å². The van der Waals surface area contributed by atoms with Crippen molar-refractivity contribution in [2.45, 2.75) is 77.6 Å². The number of nitrogens with zero attached hydrogens (tertiary/aromatic N) is 1. The van der Waals surface area contributed by atoms with Gasteiger partial charge in [-0.15, -0.1) is 0 Å². The van der Waals surface area contributed by atoms with Gasteiger partial charge in [-0.3, -0.25) is 9.78 Å². The lowest BCUT2D eigenvalue weighted by Crippen LogP contribution is -2.66. The molecule has 0 amide bonds. The molecular formula is C28H33NO7. The maximum atomic E-state index is 13.2. The van der Waals surface area contributed by atoms with Gasteiger partial charge < -0.3 is 23.8 Å². The lowest BCUT2D eigenvalue weighted by Gasteiger charge is -2.59. The van der Waals surface area contributed by atoms with Crippen LogP contribution in [-0.2, 0) is 14.3 Å². The fourth-order valence-electron chi connectivity index (χ4n) is 7.38. The van der Waals surface area contributed by atoms with E-state index in [1.54, 1.807) is 37.5 Å². The van der Waals surface area contributed by atoms with Crippen LogP contribution in [0.5, 0.6) is 5.75 Å². The molecule has 0 radical (unpaired) electrons. The van der Waals surface area contributed by atoms with Crippen LogP contribution < -0.4 is 10.4 Å². The Morgan fingerprint density at radius 2 is 2.06 bits per heavy atom. The molecule has 0 saturated heterocycles. The molecule has 3 unspecified atom stereocenters. The van der Waals surface area contributed by atoms with Crippen molar-refractivity contribution in [3.63, 3.8) is 0 Å². The van der Waals surface area contributed by atoms with Crippen molar-refractivity contribution in [3.05, 3.63) is 46.6 Å². The number of carbonyl (C=O) groups is 2. The molecule has 2 aromatic heterocycles. The van der Waals surface area contributed by atoms with Crippen molar-refractivity contribution >= 4 is 11.8 Å². The topological polar surface area (TPSA) is 116 Å². The van der Waals surface area contributed by atoms with Gasteiger partial charge in [-0.1, -0.05) is 6.92 Å². The van der Waals surface area contributed by atoms with E-state index in [1.807, 2.05) is 6.92 Å². The summed E-state index contributed by atoms with van der Waals surface area (Å²) in [5.74, 6) is 0.124. The first-order valence-corrected chi connectivity index (χ1v) is 12.7. The van der Waals surface area contributed by atoms with Crippen LogP contribution in [0.3, 0.4) is 0 Å². The number of aliphatic hydroxyl groups excluding tert-OH is 1. The van der Waals surface area contributed by atoms with E-state index in [2.05, 4.69) is 11.9 Å². The Morgan fingerprint density at radius 3 is 2.72 bits per heavy atom. The third-order valence-electron chi connectivity index (χ3n) is 8.92. The molecule has 0 aromatic carbocycles. The highest BCUT2D eigenvalue weighted by atomic mass is 16.6. The van der Waals surface area contributed by atoms with E-state index >= 15 is 0 Å².